The summed E-state index contributed by atoms with van der Waals surface area (Å²) in [6.45, 7) is 0.556. The standard InChI is InChI=1S/C13H16N2O5/c16-10(14-3-1-7(2-4-14)13(19)20)6-15-11(17)8-5-9(8)12(15)18/h7-9H,1-6H2,(H,19,20). The lowest BCUT2D eigenvalue weighted by Crippen LogP contribution is -2.47. The Kier molecular flexibility index (Phi) is 2.99. The maximum absolute atomic E-state index is 12.1. The van der Waals surface area contributed by atoms with Gasteiger partial charge in [0.15, 0.2) is 0 Å². The topological polar surface area (TPSA) is 95.0 Å². The van der Waals surface area contributed by atoms with E-state index in [2.05, 4.69) is 0 Å². The van der Waals surface area contributed by atoms with Gasteiger partial charge in [-0.1, -0.05) is 0 Å². The molecule has 3 fully saturated rings. The molecule has 1 aliphatic carbocycles. The number of amides is 3. The van der Waals surface area contributed by atoms with Crippen molar-refractivity contribution in [2.24, 2.45) is 17.8 Å². The number of carboxylic acid groups (broad SMARTS) is 1. The molecule has 3 amide bonds. The van der Waals surface area contributed by atoms with Gasteiger partial charge < -0.3 is 10.0 Å². The van der Waals surface area contributed by atoms with E-state index in [0.29, 0.717) is 32.4 Å². The lowest BCUT2D eigenvalue weighted by Gasteiger charge is -2.31. The molecular weight excluding hydrogens is 264 g/mol. The highest BCUT2D eigenvalue weighted by Crippen LogP contribution is 2.46. The van der Waals surface area contributed by atoms with Gasteiger partial charge >= 0.3 is 5.97 Å². The fraction of sp³-hybridized carbons (Fsp3) is 0.692. The molecule has 3 rings (SSSR count). The predicted octanol–water partition coefficient (Wildman–Crippen LogP) is -0.685. The summed E-state index contributed by atoms with van der Waals surface area (Å²) in [5.74, 6) is -2.33. The SMILES string of the molecule is O=C(O)C1CCN(C(=O)CN2C(=O)C3CC3C2=O)CC1. The van der Waals surface area contributed by atoms with Crippen molar-refractivity contribution in [1.29, 1.82) is 0 Å². The van der Waals surface area contributed by atoms with Crippen molar-refractivity contribution in [2.45, 2.75) is 19.3 Å². The summed E-state index contributed by atoms with van der Waals surface area (Å²) in [6, 6.07) is 0. The minimum Gasteiger partial charge on any atom is -0.481 e. The number of fused-ring (bicyclic) bond motifs is 1. The number of rotatable bonds is 3. The highest BCUT2D eigenvalue weighted by atomic mass is 16.4. The molecule has 0 aromatic carbocycles. The fourth-order valence-electron chi connectivity index (χ4n) is 3.02. The van der Waals surface area contributed by atoms with Crippen LogP contribution in [0.25, 0.3) is 0 Å². The Labute approximate surface area is 115 Å². The average Bonchev–Trinajstić information content (AvgIpc) is 3.19. The summed E-state index contributed by atoms with van der Waals surface area (Å²) in [6.07, 6.45) is 1.48. The summed E-state index contributed by atoms with van der Waals surface area (Å²) in [5, 5.41) is 8.90. The van der Waals surface area contributed by atoms with Crippen LogP contribution in [0.2, 0.25) is 0 Å². The number of piperidine rings is 2. The van der Waals surface area contributed by atoms with E-state index in [1.54, 1.807) is 4.90 Å². The second-order valence-corrected chi connectivity index (χ2v) is 5.70. The van der Waals surface area contributed by atoms with E-state index in [4.69, 9.17) is 5.11 Å². The Hall–Kier alpha value is -1.92. The minimum absolute atomic E-state index is 0.187. The zero-order valence-corrected chi connectivity index (χ0v) is 10.9. The number of hydrogen-bond acceptors (Lipinski definition) is 4. The molecule has 0 aromatic heterocycles. The van der Waals surface area contributed by atoms with Crippen LogP contribution in [0.3, 0.4) is 0 Å². The van der Waals surface area contributed by atoms with Crippen LogP contribution in [-0.4, -0.2) is 58.2 Å². The highest BCUT2D eigenvalue weighted by Gasteiger charge is 2.59. The summed E-state index contributed by atoms with van der Waals surface area (Å²) in [4.78, 5) is 49.1. The molecule has 20 heavy (non-hydrogen) atoms. The van der Waals surface area contributed by atoms with Crippen molar-refractivity contribution in [3.05, 3.63) is 0 Å². The molecule has 2 heterocycles. The van der Waals surface area contributed by atoms with Crippen LogP contribution in [0, 0.1) is 17.8 Å². The summed E-state index contributed by atoms with van der Waals surface area (Å²) in [5.41, 5.74) is 0. The third-order valence-electron chi connectivity index (χ3n) is 4.45. The molecule has 2 unspecified atom stereocenters. The zero-order chi connectivity index (χ0) is 14.4. The molecule has 0 radical (unpaired) electrons. The van der Waals surface area contributed by atoms with Crippen molar-refractivity contribution >= 4 is 23.7 Å². The van der Waals surface area contributed by atoms with Crippen LogP contribution in [0.5, 0.6) is 0 Å². The fourth-order valence-corrected chi connectivity index (χ4v) is 3.02. The molecule has 0 spiro atoms. The second-order valence-electron chi connectivity index (χ2n) is 5.70. The van der Waals surface area contributed by atoms with Crippen LogP contribution in [0.4, 0.5) is 0 Å². The van der Waals surface area contributed by atoms with Crippen LogP contribution in [0.15, 0.2) is 0 Å². The number of imide groups is 1. The first-order valence-corrected chi connectivity index (χ1v) is 6.85. The lowest BCUT2D eigenvalue weighted by atomic mass is 9.97. The number of aliphatic carboxylic acids is 1. The molecule has 108 valence electrons. The van der Waals surface area contributed by atoms with Gasteiger partial charge in [0.05, 0.1) is 17.8 Å². The van der Waals surface area contributed by atoms with Gasteiger partial charge in [-0.05, 0) is 19.3 Å². The second kappa shape index (κ2) is 4.57. The maximum Gasteiger partial charge on any atom is 0.306 e. The van der Waals surface area contributed by atoms with E-state index in [9.17, 15) is 19.2 Å². The number of carbonyl (C=O) groups is 4. The van der Waals surface area contributed by atoms with Gasteiger partial charge in [-0.15, -0.1) is 0 Å². The van der Waals surface area contributed by atoms with Crippen LogP contribution in [-0.2, 0) is 19.2 Å². The van der Waals surface area contributed by atoms with Crippen molar-refractivity contribution in [2.75, 3.05) is 19.6 Å². The Bertz CT molecular complexity index is 475. The molecule has 2 atom stereocenters. The molecule has 1 saturated carbocycles. The Morgan fingerprint density at radius 3 is 2.15 bits per heavy atom. The number of likely N-dealkylation sites (tertiary alicyclic amines) is 2. The molecule has 3 aliphatic rings. The molecule has 0 aromatic rings. The van der Waals surface area contributed by atoms with Gasteiger partial charge in [-0.2, -0.15) is 0 Å². The summed E-state index contributed by atoms with van der Waals surface area (Å²) in [7, 11) is 0. The van der Waals surface area contributed by atoms with Crippen molar-refractivity contribution in [1.82, 2.24) is 9.80 Å². The van der Waals surface area contributed by atoms with Crippen molar-refractivity contribution < 1.29 is 24.3 Å². The van der Waals surface area contributed by atoms with Crippen molar-refractivity contribution in [3.63, 3.8) is 0 Å². The first kappa shape index (κ1) is 13.1. The van der Waals surface area contributed by atoms with E-state index < -0.39 is 11.9 Å². The van der Waals surface area contributed by atoms with E-state index in [0.717, 1.165) is 4.90 Å². The van der Waals surface area contributed by atoms with Gasteiger partial charge in [0.25, 0.3) is 0 Å². The molecule has 2 aliphatic heterocycles. The van der Waals surface area contributed by atoms with E-state index in [1.165, 1.54) is 0 Å². The summed E-state index contributed by atoms with van der Waals surface area (Å²) >= 11 is 0. The Morgan fingerprint density at radius 1 is 1.10 bits per heavy atom. The van der Waals surface area contributed by atoms with Crippen LogP contribution in [0.1, 0.15) is 19.3 Å². The van der Waals surface area contributed by atoms with Gasteiger partial charge in [0.1, 0.15) is 6.54 Å². The third kappa shape index (κ3) is 2.07. The number of hydrogen-bond donors (Lipinski definition) is 1. The lowest BCUT2D eigenvalue weighted by molar-refractivity contribution is -0.149. The van der Waals surface area contributed by atoms with Gasteiger partial charge in [0, 0.05) is 13.1 Å². The molecular formula is C13H16N2O5. The molecule has 2 saturated heterocycles. The van der Waals surface area contributed by atoms with E-state index >= 15 is 0 Å². The first-order valence-electron chi connectivity index (χ1n) is 6.85. The van der Waals surface area contributed by atoms with E-state index in [-0.39, 0.29) is 36.1 Å². The zero-order valence-electron chi connectivity index (χ0n) is 10.9. The molecule has 7 nitrogen and oxygen atoms in total. The quantitative estimate of drug-likeness (QED) is 0.691. The molecule has 7 heteroatoms. The highest BCUT2D eigenvalue weighted by molar-refractivity contribution is 6.10. The maximum atomic E-state index is 12.1. The Balaban J connectivity index is 1.54. The first-order chi connectivity index (χ1) is 9.49. The Morgan fingerprint density at radius 2 is 1.65 bits per heavy atom. The largest absolute Gasteiger partial charge is 0.481 e. The number of nitrogens with zero attached hydrogens (tertiary/aromatic N) is 2. The normalized spacial score (nSPS) is 29.6. The van der Waals surface area contributed by atoms with Gasteiger partial charge in [-0.3, -0.25) is 24.1 Å². The monoisotopic (exact) mass is 280 g/mol. The van der Waals surface area contributed by atoms with Gasteiger partial charge in [-0.25, -0.2) is 0 Å². The average molecular weight is 280 g/mol. The molecule has 0 bridgehead atoms. The van der Waals surface area contributed by atoms with Gasteiger partial charge in [0.2, 0.25) is 17.7 Å². The van der Waals surface area contributed by atoms with E-state index in [1.807, 2.05) is 0 Å². The number of carbonyl (C=O) groups excluding carboxylic acids is 3. The molecule has 1 N–H and O–H groups in total. The third-order valence-corrected chi connectivity index (χ3v) is 4.45. The van der Waals surface area contributed by atoms with Crippen molar-refractivity contribution in [3.8, 4) is 0 Å². The van der Waals surface area contributed by atoms with Crippen LogP contribution < -0.4 is 0 Å². The minimum atomic E-state index is -0.831. The predicted molar refractivity (Wildman–Crippen MR) is 65.3 cm³/mol. The number of carboxylic acids is 1. The summed E-state index contributed by atoms with van der Waals surface area (Å²) < 4.78 is 0. The smallest absolute Gasteiger partial charge is 0.306 e. The van der Waals surface area contributed by atoms with Crippen LogP contribution >= 0.6 is 0 Å².